The molecule has 2 bridgehead atoms. The molecule has 1 atom stereocenters. The molecule has 0 aliphatic heterocycles. The molecule has 7 heteroatoms. The van der Waals surface area contributed by atoms with E-state index in [4.69, 9.17) is 4.42 Å². The summed E-state index contributed by atoms with van der Waals surface area (Å²) >= 11 is 0. The van der Waals surface area contributed by atoms with Crippen molar-refractivity contribution in [2.45, 2.75) is 33.1 Å². The molecule has 0 amide bonds. The maximum absolute atomic E-state index is 13.2. The number of hydrogen-bond donors (Lipinski definition) is 0. The van der Waals surface area contributed by atoms with Crippen molar-refractivity contribution in [3.8, 4) is 16.9 Å². The van der Waals surface area contributed by atoms with Gasteiger partial charge in [-0.15, -0.1) is 13.2 Å². The number of benzene rings is 3. The Labute approximate surface area is 181 Å². The third-order valence-corrected chi connectivity index (χ3v) is 5.42. The van der Waals surface area contributed by atoms with Crippen LogP contribution >= 0.6 is 0 Å². The van der Waals surface area contributed by atoms with Gasteiger partial charge in [0.05, 0.1) is 5.56 Å². The number of Topliss-reactive ketones (excluding diaryl/α,β-unsaturated/α-hetero) is 2. The molecule has 0 fully saturated rings. The molecule has 4 aromatic rings. The number of furan rings is 2. The third-order valence-electron chi connectivity index (χ3n) is 5.42. The first-order chi connectivity index (χ1) is 15.0. The van der Waals surface area contributed by atoms with E-state index in [1.54, 1.807) is 18.2 Å². The summed E-state index contributed by atoms with van der Waals surface area (Å²) in [7, 11) is 0. The van der Waals surface area contributed by atoms with E-state index in [2.05, 4.69) is 4.74 Å². The number of fused-ring (bicyclic) bond motifs is 2. The normalized spacial score (nSPS) is 12.8. The third kappa shape index (κ3) is 4.10. The van der Waals surface area contributed by atoms with Gasteiger partial charge in [-0.3, -0.25) is 9.59 Å². The summed E-state index contributed by atoms with van der Waals surface area (Å²) in [6.45, 7) is 5.00. The molecule has 0 aliphatic carbocycles. The lowest BCUT2D eigenvalue weighted by molar-refractivity contribution is -0.274. The van der Waals surface area contributed by atoms with Crippen LogP contribution in [-0.2, 0) is 4.79 Å². The van der Waals surface area contributed by atoms with Crippen LogP contribution in [0.1, 0.15) is 39.9 Å². The summed E-state index contributed by atoms with van der Waals surface area (Å²) in [5.74, 6) is -1.87. The molecule has 4 rings (SSSR count). The lowest BCUT2D eigenvalue weighted by atomic mass is 9.81. The van der Waals surface area contributed by atoms with Crippen molar-refractivity contribution in [1.82, 2.24) is 0 Å². The second kappa shape index (κ2) is 7.82. The number of aryl methyl sites for hydroxylation is 2. The van der Waals surface area contributed by atoms with Crippen LogP contribution in [0.3, 0.4) is 0 Å². The van der Waals surface area contributed by atoms with Gasteiger partial charge >= 0.3 is 6.36 Å². The Balaban J connectivity index is 1.69. The van der Waals surface area contributed by atoms with Crippen LogP contribution in [0.2, 0.25) is 0 Å². The average Bonchev–Trinajstić information content (AvgIpc) is 3.33. The SMILES string of the molecule is CC(=O)C(C(=O)c1cc2ccc1o2)c1c(C)cc(-c2ccc(OC(F)(F)F)cc2)cc1C. The molecule has 164 valence electrons. The van der Waals surface area contributed by atoms with Crippen LogP contribution in [-0.4, -0.2) is 17.9 Å². The zero-order valence-electron chi connectivity index (χ0n) is 17.5. The Kier molecular flexibility index (Phi) is 5.28. The van der Waals surface area contributed by atoms with Crippen molar-refractivity contribution >= 4 is 22.7 Å². The lowest BCUT2D eigenvalue weighted by Crippen LogP contribution is -2.22. The largest absolute Gasteiger partial charge is 0.573 e. The van der Waals surface area contributed by atoms with Gasteiger partial charge in [0.2, 0.25) is 0 Å². The molecule has 0 radical (unpaired) electrons. The van der Waals surface area contributed by atoms with Crippen molar-refractivity contribution in [1.29, 1.82) is 0 Å². The Bertz CT molecular complexity index is 1280. The molecule has 0 saturated heterocycles. The van der Waals surface area contributed by atoms with Gasteiger partial charge in [0.25, 0.3) is 0 Å². The number of alkyl halides is 3. The molecule has 0 saturated carbocycles. The Hall–Kier alpha value is -3.61. The second-order valence-corrected chi connectivity index (χ2v) is 7.76. The minimum atomic E-state index is -4.75. The minimum absolute atomic E-state index is 0.277. The van der Waals surface area contributed by atoms with E-state index < -0.39 is 12.3 Å². The molecular formula is C25H19F3O4. The fourth-order valence-electron chi connectivity index (χ4n) is 4.10. The molecule has 0 aliphatic rings. The van der Waals surface area contributed by atoms with Crippen molar-refractivity contribution in [2.75, 3.05) is 0 Å². The Morgan fingerprint density at radius 2 is 1.53 bits per heavy atom. The van der Waals surface area contributed by atoms with E-state index in [9.17, 15) is 22.8 Å². The smallest absolute Gasteiger partial charge is 0.457 e. The highest BCUT2D eigenvalue weighted by atomic mass is 19.4. The standard InChI is InChI=1S/C25H19F3O4/c1-13-10-17(16-4-6-18(7-5-16)32-25(26,27)28)11-14(2)22(13)23(15(3)29)24(30)20-12-19-8-9-21(20)31-19/h4-12,23H,1-3H3. The fraction of sp³-hybridized carbons (Fsp3) is 0.200. The molecule has 2 aromatic carbocycles. The van der Waals surface area contributed by atoms with Gasteiger partial charge in [-0.1, -0.05) is 24.3 Å². The first-order valence-corrected chi connectivity index (χ1v) is 9.87. The van der Waals surface area contributed by atoms with Crippen molar-refractivity contribution in [2.24, 2.45) is 0 Å². The van der Waals surface area contributed by atoms with Crippen molar-refractivity contribution < 1.29 is 31.9 Å². The number of carbonyl (C=O) groups is 2. The monoisotopic (exact) mass is 440 g/mol. The number of hydrogen-bond acceptors (Lipinski definition) is 4. The van der Waals surface area contributed by atoms with Gasteiger partial charge < -0.3 is 9.15 Å². The predicted octanol–water partition coefficient (Wildman–Crippen LogP) is 6.61. The van der Waals surface area contributed by atoms with Gasteiger partial charge in [-0.2, -0.15) is 0 Å². The number of halogens is 3. The first-order valence-electron chi connectivity index (χ1n) is 9.87. The van der Waals surface area contributed by atoms with Gasteiger partial charge in [0.1, 0.15) is 28.6 Å². The zero-order valence-corrected chi connectivity index (χ0v) is 17.5. The lowest BCUT2D eigenvalue weighted by Gasteiger charge is -2.20. The van der Waals surface area contributed by atoms with Crippen LogP contribution in [0.15, 0.2) is 59.0 Å². The highest BCUT2D eigenvalue weighted by Crippen LogP contribution is 2.35. The number of ether oxygens (including phenoxy) is 1. The van der Waals surface area contributed by atoms with Crippen molar-refractivity contribution in [3.05, 3.63) is 76.9 Å². The summed E-state index contributed by atoms with van der Waals surface area (Å²) in [5.41, 5.74) is 4.95. The van der Waals surface area contributed by atoms with E-state index in [0.29, 0.717) is 27.9 Å². The maximum atomic E-state index is 13.2. The average molecular weight is 440 g/mol. The zero-order chi connectivity index (χ0) is 23.2. The van der Waals surface area contributed by atoms with Crippen LogP contribution in [0.5, 0.6) is 5.75 Å². The molecular weight excluding hydrogens is 421 g/mol. The van der Waals surface area contributed by atoms with E-state index in [1.165, 1.54) is 31.2 Å². The van der Waals surface area contributed by atoms with Gasteiger partial charge in [-0.05, 0) is 78.9 Å². The molecule has 4 nitrogen and oxygen atoms in total. The number of carbonyl (C=O) groups excluding carboxylic acids is 2. The summed E-state index contributed by atoms with van der Waals surface area (Å²) in [6, 6.07) is 14.3. The fourth-order valence-corrected chi connectivity index (χ4v) is 4.10. The van der Waals surface area contributed by atoms with Crippen LogP contribution < -0.4 is 4.74 Å². The van der Waals surface area contributed by atoms with E-state index >= 15 is 0 Å². The summed E-state index contributed by atoms with van der Waals surface area (Å²) in [5, 5.41) is 0. The molecule has 2 aromatic heterocycles. The molecule has 32 heavy (non-hydrogen) atoms. The molecule has 2 heterocycles. The Morgan fingerprint density at radius 1 is 0.906 bits per heavy atom. The molecule has 1 unspecified atom stereocenters. The summed E-state index contributed by atoms with van der Waals surface area (Å²) in [4.78, 5) is 25.8. The quantitative estimate of drug-likeness (QED) is 0.250. The summed E-state index contributed by atoms with van der Waals surface area (Å²) in [6.07, 6.45) is -4.75. The van der Waals surface area contributed by atoms with Gasteiger partial charge in [-0.25, -0.2) is 0 Å². The van der Waals surface area contributed by atoms with E-state index in [0.717, 1.165) is 16.7 Å². The van der Waals surface area contributed by atoms with E-state index in [1.807, 2.05) is 26.0 Å². The Morgan fingerprint density at radius 3 is 2.00 bits per heavy atom. The van der Waals surface area contributed by atoms with Gasteiger partial charge in [0, 0.05) is 0 Å². The second-order valence-electron chi connectivity index (χ2n) is 7.76. The highest BCUT2D eigenvalue weighted by molar-refractivity contribution is 6.18. The van der Waals surface area contributed by atoms with Crippen LogP contribution in [0.4, 0.5) is 13.2 Å². The van der Waals surface area contributed by atoms with E-state index in [-0.39, 0.29) is 17.3 Å². The highest BCUT2D eigenvalue weighted by Gasteiger charge is 2.32. The topological polar surface area (TPSA) is 56.5 Å². The van der Waals surface area contributed by atoms with Gasteiger partial charge in [0.15, 0.2) is 5.78 Å². The van der Waals surface area contributed by atoms with Crippen LogP contribution in [0.25, 0.3) is 22.3 Å². The minimum Gasteiger partial charge on any atom is -0.457 e. The maximum Gasteiger partial charge on any atom is 0.573 e. The predicted molar refractivity (Wildman–Crippen MR) is 113 cm³/mol. The van der Waals surface area contributed by atoms with Crippen molar-refractivity contribution in [3.63, 3.8) is 0 Å². The first kappa shape index (κ1) is 21.6. The number of ketones is 2. The summed E-state index contributed by atoms with van der Waals surface area (Å²) < 4.78 is 46.5. The molecule has 0 spiro atoms. The molecule has 0 N–H and O–H groups in total. The van der Waals surface area contributed by atoms with Crippen LogP contribution in [0, 0.1) is 13.8 Å². The number of rotatable bonds is 6.